The summed E-state index contributed by atoms with van der Waals surface area (Å²) in [6, 6.07) is 16.3. The largest absolute Gasteiger partial charge is 0.324 e. The van der Waals surface area contributed by atoms with Crippen LogP contribution in [0.2, 0.25) is 0 Å². The lowest BCUT2D eigenvalue weighted by molar-refractivity contribution is -0.117. The quantitative estimate of drug-likeness (QED) is 0.716. The van der Waals surface area contributed by atoms with E-state index in [0.717, 1.165) is 38.4 Å². The Morgan fingerprint density at radius 2 is 1.48 bits per heavy atom. The van der Waals surface area contributed by atoms with Crippen LogP contribution < -0.4 is 5.32 Å². The van der Waals surface area contributed by atoms with Crippen molar-refractivity contribution in [1.82, 2.24) is 9.80 Å². The van der Waals surface area contributed by atoms with Crippen LogP contribution in [-0.4, -0.2) is 48.4 Å². The highest BCUT2D eigenvalue weighted by Gasteiger charge is 2.21. The molecule has 2 aromatic rings. The van der Waals surface area contributed by atoms with Gasteiger partial charge in [-0.2, -0.15) is 5.26 Å². The number of para-hydroxylation sites is 1. The molecule has 1 aliphatic rings. The Morgan fingerprint density at radius 1 is 0.935 bits per heavy atom. The Kier molecular flexibility index (Phi) is 7.84. The van der Waals surface area contributed by atoms with Gasteiger partial charge >= 0.3 is 0 Å². The fourth-order valence-corrected chi connectivity index (χ4v) is 4.13. The van der Waals surface area contributed by atoms with E-state index in [0.29, 0.717) is 23.9 Å². The van der Waals surface area contributed by atoms with E-state index in [1.54, 1.807) is 0 Å². The highest BCUT2D eigenvalue weighted by molar-refractivity contribution is 5.94. The molecule has 0 aromatic heterocycles. The zero-order valence-corrected chi connectivity index (χ0v) is 19.2. The highest BCUT2D eigenvalue weighted by atomic mass is 16.2. The molecule has 1 N–H and O–H groups in total. The van der Waals surface area contributed by atoms with Gasteiger partial charge in [-0.3, -0.25) is 14.6 Å². The maximum atomic E-state index is 12.9. The molecule has 1 fully saturated rings. The molecule has 164 valence electrons. The van der Waals surface area contributed by atoms with Crippen molar-refractivity contribution in [3.8, 4) is 6.07 Å². The first-order chi connectivity index (χ1) is 14.9. The lowest BCUT2D eigenvalue weighted by Gasteiger charge is -2.34. The van der Waals surface area contributed by atoms with Gasteiger partial charge < -0.3 is 5.32 Å². The fourth-order valence-electron chi connectivity index (χ4n) is 4.13. The fraction of sp³-hybridized carbons (Fsp3) is 0.462. The van der Waals surface area contributed by atoms with Crippen molar-refractivity contribution < 1.29 is 4.79 Å². The first kappa shape index (κ1) is 23.0. The van der Waals surface area contributed by atoms with Crippen LogP contribution in [0.15, 0.2) is 42.5 Å². The zero-order chi connectivity index (χ0) is 22.4. The third-order valence-electron chi connectivity index (χ3n) is 5.96. The molecule has 0 saturated carbocycles. The third-order valence-corrected chi connectivity index (χ3v) is 5.96. The van der Waals surface area contributed by atoms with E-state index >= 15 is 0 Å². The molecule has 0 bridgehead atoms. The number of hydrogen-bond donors (Lipinski definition) is 1. The maximum Gasteiger partial charge on any atom is 0.238 e. The van der Waals surface area contributed by atoms with Gasteiger partial charge in [0.2, 0.25) is 5.91 Å². The SMILES string of the molecule is CC(C)c1cccc(C(C)C)c1NC(=O)CN1CCN(Cc2ccc(C#N)cc2)CC1. The normalized spacial score (nSPS) is 15.3. The second-order valence-electron chi connectivity index (χ2n) is 9.03. The van der Waals surface area contributed by atoms with Crippen LogP contribution in [-0.2, 0) is 11.3 Å². The number of carbonyl (C=O) groups is 1. The Morgan fingerprint density at radius 3 is 2.00 bits per heavy atom. The van der Waals surface area contributed by atoms with Crippen molar-refractivity contribution in [2.45, 2.75) is 46.1 Å². The molecule has 0 radical (unpaired) electrons. The van der Waals surface area contributed by atoms with Gasteiger partial charge in [-0.15, -0.1) is 0 Å². The Bertz CT molecular complexity index is 893. The topological polar surface area (TPSA) is 59.4 Å². The summed E-state index contributed by atoms with van der Waals surface area (Å²) < 4.78 is 0. The van der Waals surface area contributed by atoms with Gasteiger partial charge in [0.05, 0.1) is 18.2 Å². The summed E-state index contributed by atoms with van der Waals surface area (Å²) in [5.74, 6) is 0.787. The molecule has 2 aromatic carbocycles. The predicted molar refractivity (Wildman–Crippen MR) is 126 cm³/mol. The van der Waals surface area contributed by atoms with Crippen LogP contribution in [0.1, 0.15) is 61.8 Å². The van der Waals surface area contributed by atoms with Crippen LogP contribution in [0.25, 0.3) is 0 Å². The molecule has 0 atom stereocenters. The summed E-state index contributed by atoms with van der Waals surface area (Å²) in [5, 5.41) is 12.2. The molecular weight excluding hydrogens is 384 g/mol. The van der Waals surface area contributed by atoms with E-state index in [4.69, 9.17) is 5.26 Å². The Labute approximate surface area is 186 Å². The number of nitrogens with one attached hydrogen (secondary N) is 1. The molecule has 0 aliphatic carbocycles. The smallest absolute Gasteiger partial charge is 0.238 e. The molecular formula is C26H34N4O. The van der Waals surface area contributed by atoms with Gasteiger partial charge in [-0.1, -0.05) is 58.0 Å². The number of piperazine rings is 1. The van der Waals surface area contributed by atoms with Crippen LogP contribution in [0.3, 0.4) is 0 Å². The number of rotatable bonds is 7. The second kappa shape index (κ2) is 10.6. The number of nitrogens with zero attached hydrogens (tertiary/aromatic N) is 3. The molecule has 0 spiro atoms. The molecule has 0 unspecified atom stereocenters. The van der Waals surface area contributed by atoms with Gasteiger partial charge in [0, 0.05) is 38.4 Å². The molecule has 3 rings (SSSR count). The van der Waals surface area contributed by atoms with Crippen molar-refractivity contribution >= 4 is 11.6 Å². The van der Waals surface area contributed by atoms with E-state index in [-0.39, 0.29) is 5.91 Å². The van der Waals surface area contributed by atoms with Crippen molar-refractivity contribution in [1.29, 1.82) is 5.26 Å². The third kappa shape index (κ3) is 6.16. The van der Waals surface area contributed by atoms with Gasteiger partial charge in [0.1, 0.15) is 0 Å². The van der Waals surface area contributed by atoms with Crippen LogP contribution in [0.5, 0.6) is 0 Å². The van der Waals surface area contributed by atoms with E-state index in [9.17, 15) is 4.79 Å². The number of carbonyl (C=O) groups excluding carboxylic acids is 1. The van der Waals surface area contributed by atoms with E-state index < -0.39 is 0 Å². The number of nitriles is 1. The van der Waals surface area contributed by atoms with Gasteiger partial charge in [-0.25, -0.2) is 0 Å². The minimum atomic E-state index is 0.0653. The van der Waals surface area contributed by atoms with Crippen LogP contribution in [0, 0.1) is 11.3 Å². The molecule has 1 aliphatic heterocycles. The Hall–Kier alpha value is -2.68. The van der Waals surface area contributed by atoms with Crippen molar-refractivity contribution in [2.75, 3.05) is 38.0 Å². The van der Waals surface area contributed by atoms with E-state index in [1.165, 1.54) is 16.7 Å². The molecule has 1 saturated heterocycles. The van der Waals surface area contributed by atoms with Gasteiger partial charge in [-0.05, 0) is 40.7 Å². The predicted octanol–water partition coefficient (Wildman–Crippen LogP) is 4.56. The first-order valence-electron chi connectivity index (χ1n) is 11.2. The lowest BCUT2D eigenvalue weighted by atomic mass is 9.92. The molecule has 5 heteroatoms. The minimum Gasteiger partial charge on any atom is -0.324 e. The summed E-state index contributed by atoms with van der Waals surface area (Å²) >= 11 is 0. The lowest BCUT2D eigenvalue weighted by Crippen LogP contribution is -2.48. The zero-order valence-electron chi connectivity index (χ0n) is 19.2. The summed E-state index contributed by atoms with van der Waals surface area (Å²) in [7, 11) is 0. The van der Waals surface area contributed by atoms with Crippen molar-refractivity contribution in [3.63, 3.8) is 0 Å². The van der Waals surface area contributed by atoms with Gasteiger partial charge in [0.15, 0.2) is 0 Å². The van der Waals surface area contributed by atoms with Crippen LogP contribution >= 0.6 is 0 Å². The molecule has 31 heavy (non-hydrogen) atoms. The summed E-state index contributed by atoms with van der Waals surface area (Å²) in [6.07, 6.45) is 0. The summed E-state index contributed by atoms with van der Waals surface area (Å²) in [5.41, 5.74) is 5.31. The van der Waals surface area contributed by atoms with E-state index in [2.05, 4.69) is 67.1 Å². The number of hydrogen-bond acceptors (Lipinski definition) is 4. The Balaban J connectivity index is 1.54. The number of anilines is 1. The maximum absolute atomic E-state index is 12.9. The first-order valence-corrected chi connectivity index (χ1v) is 11.2. The average Bonchev–Trinajstić information content (AvgIpc) is 2.75. The highest BCUT2D eigenvalue weighted by Crippen LogP contribution is 2.32. The number of benzene rings is 2. The van der Waals surface area contributed by atoms with Crippen molar-refractivity contribution in [2.24, 2.45) is 0 Å². The molecule has 1 amide bonds. The standard InChI is InChI=1S/C26H34N4O/c1-19(2)23-6-5-7-24(20(3)4)26(23)28-25(31)18-30-14-12-29(13-15-30)17-22-10-8-21(16-27)9-11-22/h5-11,19-20H,12-15,17-18H2,1-4H3,(H,28,31). The monoisotopic (exact) mass is 418 g/mol. The molecule has 5 nitrogen and oxygen atoms in total. The second-order valence-corrected chi connectivity index (χ2v) is 9.03. The summed E-state index contributed by atoms with van der Waals surface area (Å²) in [4.78, 5) is 17.5. The van der Waals surface area contributed by atoms with E-state index in [1.807, 2.05) is 24.3 Å². The van der Waals surface area contributed by atoms with Gasteiger partial charge in [0.25, 0.3) is 0 Å². The van der Waals surface area contributed by atoms with Crippen molar-refractivity contribution in [3.05, 3.63) is 64.7 Å². The average molecular weight is 419 g/mol. The summed E-state index contributed by atoms with van der Waals surface area (Å²) in [6.45, 7) is 13.6. The minimum absolute atomic E-state index is 0.0653. The van der Waals surface area contributed by atoms with Crippen LogP contribution in [0.4, 0.5) is 5.69 Å². The molecule has 1 heterocycles. The number of amides is 1.